The van der Waals surface area contributed by atoms with Gasteiger partial charge in [-0.3, -0.25) is 0 Å². The van der Waals surface area contributed by atoms with Crippen LogP contribution in [0, 0.1) is 12.7 Å². The van der Waals surface area contributed by atoms with Gasteiger partial charge in [-0.15, -0.1) is 0 Å². The van der Waals surface area contributed by atoms with E-state index in [-0.39, 0.29) is 5.82 Å². The Hall–Kier alpha value is -2.17. The number of benzene rings is 1. The lowest BCUT2D eigenvalue weighted by molar-refractivity contribution is 0.397. The largest absolute Gasteiger partial charge is 0.481 e. The number of nitrogens with zero attached hydrogens (tertiary/aromatic N) is 2. The van der Waals surface area contributed by atoms with E-state index in [1.807, 2.05) is 13.0 Å². The number of aryl methyl sites for hydroxylation is 1. The third-order valence-corrected chi connectivity index (χ3v) is 2.38. The fourth-order valence-corrected chi connectivity index (χ4v) is 1.55. The average Bonchev–Trinajstić information content (AvgIpc) is 2.36. The van der Waals surface area contributed by atoms with E-state index < -0.39 is 0 Å². The van der Waals surface area contributed by atoms with E-state index in [9.17, 15) is 4.39 Å². The number of anilines is 1. The maximum atomic E-state index is 13.0. The van der Waals surface area contributed by atoms with Gasteiger partial charge in [-0.25, -0.2) is 9.37 Å². The van der Waals surface area contributed by atoms with Crippen LogP contribution in [-0.4, -0.2) is 17.1 Å². The van der Waals surface area contributed by atoms with E-state index in [0.717, 1.165) is 11.3 Å². The summed E-state index contributed by atoms with van der Waals surface area (Å²) in [6.45, 7) is 2.32. The van der Waals surface area contributed by atoms with Crippen LogP contribution in [0.15, 0.2) is 30.3 Å². The highest BCUT2D eigenvalue weighted by Gasteiger charge is 2.02. The van der Waals surface area contributed by atoms with Crippen LogP contribution in [0.1, 0.15) is 11.3 Å². The molecule has 94 valence electrons. The molecule has 0 aliphatic carbocycles. The van der Waals surface area contributed by atoms with E-state index in [1.54, 1.807) is 19.2 Å². The number of ether oxygens (including phenoxy) is 1. The highest BCUT2D eigenvalue weighted by molar-refractivity contribution is 5.32. The summed E-state index contributed by atoms with van der Waals surface area (Å²) in [5, 5.41) is 3.03. The van der Waals surface area contributed by atoms with Crippen molar-refractivity contribution >= 4 is 5.95 Å². The van der Waals surface area contributed by atoms with Crippen molar-refractivity contribution in [2.24, 2.45) is 0 Å². The molecule has 0 radical (unpaired) electrons. The number of halogens is 1. The van der Waals surface area contributed by atoms with Gasteiger partial charge < -0.3 is 10.1 Å². The molecular weight excluding hydrogens is 233 g/mol. The van der Waals surface area contributed by atoms with Gasteiger partial charge in [0.1, 0.15) is 5.82 Å². The number of methoxy groups -OCH3 is 1. The summed E-state index contributed by atoms with van der Waals surface area (Å²) >= 11 is 0. The average molecular weight is 247 g/mol. The van der Waals surface area contributed by atoms with Gasteiger partial charge >= 0.3 is 0 Å². The predicted octanol–water partition coefficient (Wildman–Crippen LogP) is 2.54. The van der Waals surface area contributed by atoms with Crippen molar-refractivity contribution in [2.75, 3.05) is 12.4 Å². The lowest BCUT2D eigenvalue weighted by atomic mass is 10.2. The zero-order chi connectivity index (χ0) is 13.0. The summed E-state index contributed by atoms with van der Waals surface area (Å²) in [5.41, 5.74) is 1.64. The van der Waals surface area contributed by atoms with Crippen LogP contribution in [-0.2, 0) is 6.54 Å². The molecule has 1 heterocycles. The fraction of sp³-hybridized carbons (Fsp3) is 0.231. The van der Waals surface area contributed by atoms with Gasteiger partial charge in [-0.2, -0.15) is 4.98 Å². The van der Waals surface area contributed by atoms with Crippen LogP contribution in [0.3, 0.4) is 0 Å². The molecule has 2 rings (SSSR count). The molecule has 0 saturated carbocycles. The van der Waals surface area contributed by atoms with E-state index in [2.05, 4.69) is 15.3 Å². The molecule has 0 atom stereocenters. The fourth-order valence-electron chi connectivity index (χ4n) is 1.55. The van der Waals surface area contributed by atoms with Crippen LogP contribution >= 0.6 is 0 Å². The zero-order valence-electron chi connectivity index (χ0n) is 10.3. The van der Waals surface area contributed by atoms with Crippen molar-refractivity contribution in [2.45, 2.75) is 13.5 Å². The molecule has 0 bridgehead atoms. The van der Waals surface area contributed by atoms with Gasteiger partial charge in [-0.05, 0) is 24.6 Å². The van der Waals surface area contributed by atoms with E-state index in [4.69, 9.17) is 4.74 Å². The molecule has 2 aromatic rings. The van der Waals surface area contributed by atoms with Crippen molar-refractivity contribution in [1.29, 1.82) is 0 Å². The Balaban J connectivity index is 2.08. The molecule has 1 aromatic heterocycles. The minimum atomic E-state index is -0.253. The van der Waals surface area contributed by atoms with Crippen molar-refractivity contribution in [1.82, 2.24) is 9.97 Å². The third-order valence-electron chi connectivity index (χ3n) is 2.38. The molecule has 0 unspecified atom stereocenters. The zero-order valence-corrected chi connectivity index (χ0v) is 10.3. The van der Waals surface area contributed by atoms with Gasteiger partial charge in [0.25, 0.3) is 0 Å². The second-order valence-electron chi connectivity index (χ2n) is 3.86. The van der Waals surface area contributed by atoms with Gasteiger partial charge in [0.2, 0.25) is 11.8 Å². The Kier molecular flexibility index (Phi) is 3.72. The van der Waals surface area contributed by atoms with Crippen molar-refractivity contribution < 1.29 is 9.13 Å². The Morgan fingerprint density at radius 2 is 2.11 bits per heavy atom. The molecule has 5 heteroatoms. The first-order chi connectivity index (χ1) is 8.67. The van der Waals surface area contributed by atoms with Crippen molar-refractivity contribution in [3.05, 3.63) is 47.4 Å². The number of aromatic nitrogens is 2. The molecular formula is C13H14FN3O. The van der Waals surface area contributed by atoms with E-state index in [1.165, 1.54) is 12.1 Å². The number of hydrogen-bond acceptors (Lipinski definition) is 4. The number of nitrogens with one attached hydrogen (secondary N) is 1. The van der Waals surface area contributed by atoms with E-state index >= 15 is 0 Å². The predicted molar refractivity (Wildman–Crippen MR) is 67.0 cm³/mol. The molecule has 0 spiro atoms. The first-order valence-corrected chi connectivity index (χ1v) is 5.55. The Morgan fingerprint density at radius 3 is 2.83 bits per heavy atom. The summed E-state index contributed by atoms with van der Waals surface area (Å²) in [5.74, 6) is 0.720. The molecule has 0 aliphatic heterocycles. The van der Waals surface area contributed by atoms with Crippen LogP contribution in [0.2, 0.25) is 0 Å². The second-order valence-corrected chi connectivity index (χ2v) is 3.86. The Morgan fingerprint density at radius 1 is 1.28 bits per heavy atom. The van der Waals surface area contributed by atoms with Crippen LogP contribution in [0.4, 0.5) is 10.3 Å². The van der Waals surface area contributed by atoms with E-state index in [0.29, 0.717) is 18.4 Å². The molecule has 0 fully saturated rings. The topological polar surface area (TPSA) is 47.0 Å². The minimum Gasteiger partial charge on any atom is -0.481 e. The normalized spacial score (nSPS) is 10.2. The van der Waals surface area contributed by atoms with Gasteiger partial charge in [-0.1, -0.05) is 12.1 Å². The van der Waals surface area contributed by atoms with Crippen molar-refractivity contribution in [3.63, 3.8) is 0 Å². The smallest absolute Gasteiger partial charge is 0.226 e. The summed E-state index contributed by atoms with van der Waals surface area (Å²) in [7, 11) is 1.55. The summed E-state index contributed by atoms with van der Waals surface area (Å²) in [4.78, 5) is 8.37. The third kappa shape index (κ3) is 3.16. The molecule has 18 heavy (non-hydrogen) atoms. The molecule has 1 aromatic carbocycles. The Labute approximate surface area is 105 Å². The monoisotopic (exact) mass is 247 g/mol. The summed E-state index contributed by atoms with van der Waals surface area (Å²) in [6, 6.07) is 8.14. The molecule has 0 amide bonds. The maximum Gasteiger partial charge on any atom is 0.226 e. The minimum absolute atomic E-state index is 0.253. The van der Waals surface area contributed by atoms with Crippen LogP contribution < -0.4 is 10.1 Å². The SMILES string of the molecule is COc1cc(C)nc(NCc2cccc(F)c2)n1. The summed E-state index contributed by atoms with van der Waals surface area (Å²) < 4.78 is 18.1. The quantitative estimate of drug-likeness (QED) is 0.902. The van der Waals surface area contributed by atoms with Crippen LogP contribution in [0.25, 0.3) is 0 Å². The molecule has 1 N–H and O–H groups in total. The molecule has 0 aliphatic rings. The lowest BCUT2D eigenvalue weighted by Gasteiger charge is -2.07. The highest BCUT2D eigenvalue weighted by atomic mass is 19.1. The first-order valence-electron chi connectivity index (χ1n) is 5.55. The molecule has 0 saturated heterocycles. The van der Waals surface area contributed by atoms with Gasteiger partial charge in [0.15, 0.2) is 0 Å². The number of hydrogen-bond donors (Lipinski definition) is 1. The van der Waals surface area contributed by atoms with Crippen LogP contribution in [0.5, 0.6) is 5.88 Å². The Bertz CT molecular complexity index is 546. The summed E-state index contributed by atoms with van der Waals surface area (Å²) in [6.07, 6.45) is 0. The van der Waals surface area contributed by atoms with Gasteiger partial charge in [0.05, 0.1) is 7.11 Å². The van der Waals surface area contributed by atoms with Gasteiger partial charge in [0, 0.05) is 18.3 Å². The van der Waals surface area contributed by atoms with Crippen molar-refractivity contribution in [3.8, 4) is 5.88 Å². The molecule has 4 nitrogen and oxygen atoms in total. The first kappa shape index (κ1) is 12.3. The number of rotatable bonds is 4. The second kappa shape index (κ2) is 5.44. The standard InChI is InChI=1S/C13H14FN3O/c1-9-6-12(18-2)17-13(16-9)15-8-10-4-3-5-11(14)7-10/h3-7H,8H2,1-2H3,(H,15,16,17). The maximum absolute atomic E-state index is 13.0. The lowest BCUT2D eigenvalue weighted by Crippen LogP contribution is -2.05. The highest BCUT2D eigenvalue weighted by Crippen LogP contribution is 2.12.